The Kier molecular flexibility index (Phi) is 5.20. The van der Waals surface area contributed by atoms with Gasteiger partial charge in [0.05, 0.1) is 25.1 Å². The molecule has 0 spiro atoms. The number of rotatable bonds is 6. The topological polar surface area (TPSA) is 47.5 Å². The van der Waals surface area contributed by atoms with Crippen molar-refractivity contribution in [3.05, 3.63) is 18.1 Å². The Morgan fingerprint density at radius 2 is 2.12 bits per heavy atom. The van der Waals surface area contributed by atoms with Gasteiger partial charge in [-0.3, -0.25) is 9.88 Å². The Labute approximate surface area is 145 Å². The fourth-order valence-electron chi connectivity index (χ4n) is 3.85. The van der Waals surface area contributed by atoms with Crippen LogP contribution in [0, 0.1) is 0 Å². The van der Waals surface area contributed by atoms with Gasteiger partial charge in [-0.05, 0) is 46.1 Å². The van der Waals surface area contributed by atoms with Crippen LogP contribution < -0.4 is 4.74 Å². The molecule has 2 fully saturated rings. The molecule has 140 valence electrons. The highest BCUT2D eigenvalue weighted by Gasteiger charge is 2.49. The minimum Gasteiger partial charge on any atom is -0.475 e. The van der Waals surface area contributed by atoms with E-state index in [1.54, 1.807) is 0 Å². The predicted octanol–water partition coefficient (Wildman–Crippen LogP) is 3.30. The van der Waals surface area contributed by atoms with E-state index >= 15 is 0 Å². The molecule has 25 heavy (non-hydrogen) atoms. The summed E-state index contributed by atoms with van der Waals surface area (Å²) in [4.78, 5) is 9.51. The second-order valence-electron chi connectivity index (χ2n) is 7.12. The third kappa shape index (κ3) is 4.06. The maximum atomic E-state index is 12.7. The molecule has 3 heterocycles. The van der Waals surface area contributed by atoms with Crippen LogP contribution in [-0.2, 0) is 10.9 Å². The van der Waals surface area contributed by atoms with Gasteiger partial charge in [0, 0.05) is 11.6 Å². The Morgan fingerprint density at radius 3 is 2.84 bits per heavy atom. The number of hydrogen-bond acceptors (Lipinski definition) is 5. The molecule has 2 atom stereocenters. The molecule has 0 aromatic carbocycles. The fourth-order valence-corrected chi connectivity index (χ4v) is 3.85. The molecular weight excluding hydrogens is 335 g/mol. The van der Waals surface area contributed by atoms with E-state index in [9.17, 15) is 13.2 Å². The van der Waals surface area contributed by atoms with Crippen molar-refractivity contribution in [1.82, 2.24) is 14.9 Å². The van der Waals surface area contributed by atoms with Crippen molar-refractivity contribution in [2.75, 3.05) is 19.8 Å². The van der Waals surface area contributed by atoms with Gasteiger partial charge in [0.2, 0.25) is 5.88 Å². The summed E-state index contributed by atoms with van der Waals surface area (Å²) in [7, 11) is 0. The first-order valence-corrected chi connectivity index (χ1v) is 8.70. The normalized spacial score (nSPS) is 27.0. The second kappa shape index (κ2) is 7.07. The van der Waals surface area contributed by atoms with Gasteiger partial charge in [-0.15, -0.1) is 0 Å². The van der Waals surface area contributed by atoms with E-state index in [1.807, 2.05) is 13.8 Å². The highest BCUT2D eigenvalue weighted by molar-refractivity contribution is 5.11. The maximum Gasteiger partial charge on any atom is 0.435 e. The largest absolute Gasteiger partial charge is 0.475 e. The lowest BCUT2D eigenvalue weighted by atomic mass is 9.95. The first-order valence-electron chi connectivity index (χ1n) is 8.70. The lowest BCUT2D eigenvalue weighted by Crippen LogP contribution is -2.47. The number of aromatic nitrogens is 2. The molecule has 0 saturated carbocycles. The number of nitrogens with zero attached hydrogens (tertiary/aromatic N) is 3. The highest BCUT2D eigenvalue weighted by Crippen LogP contribution is 2.42. The number of hydrogen-bond donors (Lipinski definition) is 0. The number of halogens is 3. The fraction of sp³-hybridized carbons (Fsp3) is 0.765. The molecular formula is C17H24F3N3O2. The van der Waals surface area contributed by atoms with Crippen LogP contribution in [0.3, 0.4) is 0 Å². The minimum absolute atomic E-state index is 0.0534. The Balaban J connectivity index is 1.61. The molecule has 1 aromatic rings. The molecule has 0 aliphatic carbocycles. The summed E-state index contributed by atoms with van der Waals surface area (Å²) in [5, 5.41) is 0. The van der Waals surface area contributed by atoms with Crippen LogP contribution in [0.4, 0.5) is 13.2 Å². The van der Waals surface area contributed by atoms with Crippen molar-refractivity contribution in [3.63, 3.8) is 0 Å². The summed E-state index contributed by atoms with van der Waals surface area (Å²) in [5.41, 5.74) is -0.977. The Morgan fingerprint density at radius 1 is 1.32 bits per heavy atom. The van der Waals surface area contributed by atoms with E-state index in [0.29, 0.717) is 19.4 Å². The summed E-state index contributed by atoms with van der Waals surface area (Å²) in [5.74, 6) is -0.0787. The van der Waals surface area contributed by atoms with E-state index in [-0.39, 0.29) is 23.6 Å². The Bertz CT molecular complexity index is 597. The molecule has 0 bridgehead atoms. The molecule has 3 rings (SSSR count). The van der Waals surface area contributed by atoms with Crippen molar-refractivity contribution >= 4 is 0 Å². The number of alkyl halides is 3. The van der Waals surface area contributed by atoms with Crippen LogP contribution in [0.15, 0.2) is 12.4 Å². The highest BCUT2D eigenvalue weighted by atomic mass is 19.4. The summed E-state index contributed by atoms with van der Waals surface area (Å²) in [6.45, 7) is 6.04. The molecule has 2 aliphatic heterocycles. The van der Waals surface area contributed by atoms with Crippen LogP contribution in [0.1, 0.15) is 45.2 Å². The molecule has 2 saturated heterocycles. The van der Waals surface area contributed by atoms with E-state index in [2.05, 4.69) is 14.9 Å². The smallest absolute Gasteiger partial charge is 0.435 e. The van der Waals surface area contributed by atoms with Crippen LogP contribution >= 0.6 is 0 Å². The van der Waals surface area contributed by atoms with Gasteiger partial charge in [0.15, 0.2) is 5.69 Å². The predicted molar refractivity (Wildman–Crippen MR) is 85.3 cm³/mol. The van der Waals surface area contributed by atoms with E-state index in [0.717, 1.165) is 32.2 Å². The van der Waals surface area contributed by atoms with Crippen LogP contribution in [0.25, 0.3) is 0 Å². The molecule has 0 amide bonds. The monoisotopic (exact) mass is 359 g/mol. The van der Waals surface area contributed by atoms with Gasteiger partial charge in [-0.1, -0.05) is 0 Å². The maximum absolute atomic E-state index is 12.7. The van der Waals surface area contributed by atoms with E-state index in [1.165, 1.54) is 6.20 Å². The standard InChI is InChI=1S/C17H24F3N3O2/c1-12(2)25-11-16-5-3-7-23(16)13(4-6-16)10-24-15-9-21-8-14(22-15)17(18,19)20/h8-9,12-13H,3-7,10-11H2,1-2H3/t13?,16-/m0/s1. The van der Waals surface area contributed by atoms with Gasteiger partial charge >= 0.3 is 6.18 Å². The summed E-state index contributed by atoms with van der Waals surface area (Å²) < 4.78 is 49.5. The van der Waals surface area contributed by atoms with Gasteiger partial charge in [0.25, 0.3) is 0 Å². The van der Waals surface area contributed by atoms with Crippen LogP contribution in [0.5, 0.6) is 5.88 Å². The summed E-state index contributed by atoms with van der Waals surface area (Å²) >= 11 is 0. The van der Waals surface area contributed by atoms with Crippen molar-refractivity contribution in [3.8, 4) is 5.88 Å². The van der Waals surface area contributed by atoms with E-state index < -0.39 is 11.9 Å². The molecule has 0 radical (unpaired) electrons. The average molecular weight is 359 g/mol. The van der Waals surface area contributed by atoms with Gasteiger partial charge in [0.1, 0.15) is 6.61 Å². The van der Waals surface area contributed by atoms with Crippen LogP contribution in [-0.4, -0.2) is 52.3 Å². The van der Waals surface area contributed by atoms with Crippen molar-refractivity contribution < 1.29 is 22.6 Å². The summed E-state index contributed by atoms with van der Waals surface area (Å²) in [6, 6.07) is 0.176. The molecule has 5 nitrogen and oxygen atoms in total. The molecule has 8 heteroatoms. The van der Waals surface area contributed by atoms with Crippen molar-refractivity contribution in [1.29, 1.82) is 0 Å². The zero-order valence-corrected chi connectivity index (χ0v) is 14.6. The van der Waals surface area contributed by atoms with E-state index in [4.69, 9.17) is 9.47 Å². The molecule has 1 unspecified atom stereocenters. The average Bonchev–Trinajstić information content (AvgIpc) is 3.10. The molecule has 1 aromatic heterocycles. The molecule has 2 aliphatic rings. The Hall–Kier alpha value is -1.41. The van der Waals surface area contributed by atoms with Gasteiger partial charge in [-0.25, -0.2) is 4.98 Å². The lowest BCUT2D eigenvalue weighted by Gasteiger charge is -2.35. The SMILES string of the molecule is CC(C)OC[C@@]12CCCN1C(COc1cncc(C(F)(F)F)n1)CC2. The second-order valence-corrected chi connectivity index (χ2v) is 7.12. The zero-order valence-electron chi connectivity index (χ0n) is 14.6. The van der Waals surface area contributed by atoms with Crippen molar-refractivity contribution in [2.24, 2.45) is 0 Å². The zero-order chi connectivity index (χ0) is 18.1. The minimum atomic E-state index is -4.52. The summed E-state index contributed by atoms with van der Waals surface area (Å²) in [6.07, 6.45) is 1.79. The first-order chi connectivity index (χ1) is 11.8. The van der Waals surface area contributed by atoms with Crippen LogP contribution in [0.2, 0.25) is 0 Å². The third-order valence-corrected chi connectivity index (χ3v) is 5.05. The first kappa shape index (κ1) is 18.4. The third-order valence-electron chi connectivity index (χ3n) is 5.05. The van der Waals surface area contributed by atoms with Gasteiger partial charge in [-0.2, -0.15) is 13.2 Å². The number of fused-ring (bicyclic) bond motifs is 1. The van der Waals surface area contributed by atoms with Gasteiger partial charge < -0.3 is 9.47 Å². The lowest BCUT2D eigenvalue weighted by molar-refractivity contribution is -0.141. The van der Waals surface area contributed by atoms with Crippen molar-refractivity contribution in [2.45, 2.75) is 63.4 Å². The number of ether oxygens (including phenoxy) is 2. The molecule has 0 N–H and O–H groups in total. The quantitative estimate of drug-likeness (QED) is 0.780.